The summed E-state index contributed by atoms with van der Waals surface area (Å²) >= 11 is 0. The Kier molecular flexibility index (Phi) is 16.0. The van der Waals surface area contributed by atoms with E-state index in [-0.39, 0.29) is 0 Å². The molecule has 180 valence electrons. The highest BCUT2D eigenvalue weighted by Gasteiger charge is 2.08. The summed E-state index contributed by atoms with van der Waals surface area (Å²) in [6.07, 6.45) is 16.5. The molecule has 0 unspecified atom stereocenters. The van der Waals surface area contributed by atoms with Crippen molar-refractivity contribution in [2.24, 2.45) is 0 Å². The predicted octanol–water partition coefficient (Wildman–Crippen LogP) is 3.09. The van der Waals surface area contributed by atoms with Gasteiger partial charge in [-0.15, -0.1) is 0 Å². The van der Waals surface area contributed by atoms with Gasteiger partial charge < -0.3 is 0 Å². The third-order valence-corrected chi connectivity index (χ3v) is 7.71. The molecule has 8 nitrogen and oxygen atoms in total. The van der Waals surface area contributed by atoms with Crippen LogP contribution in [-0.4, -0.2) is 43.0 Å². The van der Waals surface area contributed by atoms with E-state index >= 15 is 0 Å². The highest BCUT2D eigenvalue weighted by Crippen LogP contribution is 2.09. The second-order valence-electron chi connectivity index (χ2n) is 8.24. The summed E-state index contributed by atoms with van der Waals surface area (Å²) in [6.45, 7) is 1.96. The summed E-state index contributed by atoms with van der Waals surface area (Å²) in [5.41, 5.74) is 0. The Morgan fingerprint density at radius 3 is 0.667 bits per heavy atom. The van der Waals surface area contributed by atoms with Crippen LogP contribution in [0.15, 0.2) is 0 Å². The largest absolute Gasteiger partial charge is 0.276 e. The van der Waals surface area contributed by atoms with Crippen LogP contribution in [0.4, 0.5) is 0 Å². The van der Waals surface area contributed by atoms with Gasteiger partial charge in [0.15, 0.2) is 0 Å². The molecule has 0 aromatic rings. The van der Waals surface area contributed by atoms with Gasteiger partial charge in [0.1, 0.15) is 0 Å². The van der Waals surface area contributed by atoms with Crippen LogP contribution in [0.1, 0.15) is 103 Å². The fourth-order valence-corrected chi connectivity index (χ4v) is 5.41. The smallest absolute Gasteiger partial charge is 0.202 e. The van der Waals surface area contributed by atoms with Crippen molar-refractivity contribution in [1.29, 1.82) is 0 Å². The molecule has 0 atom stereocenters. The van der Waals surface area contributed by atoms with Crippen molar-refractivity contribution in [3.8, 4) is 0 Å². The molecule has 0 aromatic carbocycles. The van der Waals surface area contributed by atoms with E-state index in [1.54, 1.807) is 0 Å². The van der Waals surface area contributed by atoms with Crippen molar-refractivity contribution < 1.29 is 16.8 Å². The molecule has 0 bridgehead atoms. The Bertz CT molecular complexity index is 518. The number of hydrogen-bond acceptors (Lipinski definition) is 4. The third kappa shape index (κ3) is 17.4. The van der Waals surface area contributed by atoms with Gasteiger partial charge in [0, 0.05) is 26.2 Å². The maximum Gasteiger partial charge on any atom is 0.276 e. The van der Waals surface area contributed by atoms with Gasteiger partial charge >= 0.3 is 0 Å². The Hall–Kier alpha value is -0.260. The monoisotopic (exact) mass is 468 g/mol. The highest BCUT2D eigenvalue weighted by molar-refractivity contribution is 7.87. The van der Waals surface area contributed by atoms with Crippen LogP contribution in [0.25, 0.3) is 0 Å². The SMILES string of the molecule is O=S1(=O)NCCCCCCCCCCNS(=O)(=O)NCCCCCCCCCCN1. The molecule has 1 aliphatic heterocycles. The van der Waals surface area contributed by atoms with Crippen molar-refractivity contribution in [2.45, 2.75) is 103 Å². The highest BCUT2D eigenvalue weighted by atomic mass is 32.2. The predicted molar refractivity (Wildman–Crippen MR) is 124 cm³/mol. The molecule has 0 saturated carbocycles. The molecule has 1 aliphatic rings. The Balaban J connectivity index is 2.27. The van der Waals surface area contributed by atoms with Gasteiger partial charge in [0.25, 0.3) is 20.4 Å². The Labute approximate surface area is 185 Å². The van der Waals surface area contributed by atoms with Crippen LogP contribution < -0.4 is 18.9 Å². The molecule has 4 N–H and O–H groups in total. The minimum atomic E-state index is -3.36. The molecule has 1 fully saturated rings. The summed E-state index contributed by atoms with van der Waals surface area (Å²) in [7, 11) is -6.71. The standard InChI is InChI=1S/C20H44N4O4S2/c25-29(26)21-17-13-9-5-1-2-6-10-14-18-22-30(27,28)24-20-16-12-8-4-3-7-11-15-19-23-29/h21-24H,1-20H2. The van der Waals surface area contributed by atoms with E-state index in [0.29, 0.717) is 26.2 Å². The quantitative estimate of drug-likeness (QED) is 0.437. The zero-order valence-corrected chi connectivity index (χ0v) is 20.2. The first-order valence-electron chi connectivity index (χ1n) is 11.9. The average molecular weight is 469 g/mol. The van der Waals surface area contributed by atoms with Gasteiger partial charge in [0.2, 0.25) is 0 Å². The number of hydrogen-bond donors (Lipinski definition) is 4. The zero-order valence-electron chi connectivity index (χ0n) is 18.6. The molecule has 0 aliphatic carbocycles. The van der Waals surface area contributed by atoms with Crippen molar-refractivity contribution in [2.75, 3.05) is 26.2 Å². The topological polar surface area (TPSA) is 116 Å². The van der Waals surface area contributed by atoms with E-state index in [2.05, 4.69) is 18.9 Å². The summed E-state index contributed by atoms with van der Waals surface area (Å²) in [4.78, 5) is 0. The van der Waals surface area contributed by atoms with E-state index in [0.717, 1.165) is 103 Å². The van der Waals surface area contributed by atoms with Crippen LogP contribution in [0.3, 0.4) is 0 Å². The van der Waals surface area contributed by atoms with E-state index in [9.17, 15) is 16.8 Å². The van der Waals surface area contributed by atoms with E-state index in [1.807, 2.05) is 0 Å². The molecule has 1 heterocycles. The fraction of sp³-hybridized carbons (Fsp3) is 1.00. The van der Waals surface area contributed by atoms with Crippen LogP contribution in [0, 0.1) is 0 Å². The van der Waals surface area contributed by atoms with E-state index in [1.165, 1.54) is 0 Å². The molecule has 1 rings (SSSR count). The van der Waals surface area contributed by atoms with Gasteiger partial charge in [-0.25, -0.2) is 18.9 Å². The summed E-state index contributed by atoms with van der Waals surface area (Å²) in [6, 6.07) is 0. The normalized spacial score (nSPS) is 25.9. The van der Waals surface area contributed by atoms with E-state index < -0.39 is 20.4 Å². The maximum absolute atomic E-state index is 11.9. The van der Waals surface area contributed by atoms with Gasteiger partial charge in [-0.05, 0) is 25.7 Å². The van der Waals surface area contributed by atoms with Gasteiger partial charge in [-0.2, -0.15) is 16.8 Å². The Morgan fingerprint density at radius 1 is 0.300 bits per heavy atom. The first-order chi connectivity index (χ1) is 14.4. The van der Waals surface area contributed by atoms with Crippen LogP contribution in [0.2, 0.25) is 0 Å². The maximum atomic E-state index is 11.9. The van der Waals surface area contributed by atoms with Crippen LogP contribution >= 0.6 is 0 Å². The molecule has 0 amide bonds. The minimum Gasteiger partial charge on any atom is -0.202 e. The summed E-state index contributed by atoms with van der Waals surface area (Å²) in [5, 5.41) is 0. The average Bonchev–Trinajstić information content (AvgIpc) is 2.68. The fourth-order valence-electron chi connectivity index (χ4n) is 3.55. The lowest BCUT2D eigenvalue weighted by Crippen LogP contribution is -2.37. The summed E-state index contributed by atoms with van der Waals surface area (Å²) in [5.74, 6) is 0. The molecule has 10 heteroatoms. The number of rotatable bonds is 0. The Morgan fingerprint density at radius 2 is 0.467 bits per heavy atom. The van der Waals surface area contributed by atoms with Crippen molar-refractivity contribution >= 4 is 20.4 Å². The molecule has 0 radical (unpaired) electrons. The number of nitrogens with one attached hydrogen (secondary N) is 4. The first-order valence-corrected chi connectivity index (χ1v) is 14.9. The first kappa shape index (κ1) is 27.8. The lowest BCUT2D eigenvalue weighted by Gasteiger charge is -2.09. The molecule has 1 saturated heterocycles. The molecule has 0 aromatic heterocycles. The lowest BCUT2D eigenvalue weighted by molar-refractivity contribution is 0.531. The molecular weight excluding hydrogens is 424 g/mol. The zero-order chi connectivity index (χ0) is 22.0. The van der Waals surface area contributed by atoms with Gasteiger partial charge in [-0.3, -0.25) is 0 Å². The van der Waals surface area contributed by atoms with Gasteiger partial charge in [-0.1, -0.05) is 77.0 Å². The van der Waals surface area contributed by atoms with E-state index in [4.69, 9.17) is 0 Å². The molecule has 30 heavy (non-hydrogen) atoms. The van der Waals surface area contributed by atoms with Crippen LogP contribution in [-0.2, 0) is 20.4 Å². The summed E-state index contributed by atoms with van der Waals surface area (Å²) < 4.78 is 58.1. The third-order valence-electron chi connectivity index (χ3n) is 5.38. The lowest BCUT2D eigenvalue weighted by atomic mass is 10.1. The molecular formula is C20H44N4O4S2. The van der Waals surface area contributed by atoms with Crippen molar-refractivity contribution in [3.63, 3.8) is 0 Å². The second-order valence-corrected chi connectivity index (χ2v) is 11.4. The minimum absolute atomic E-state index is 0.490. The van der Waals surface area contributed by atoms with Crippen LogP contribution in [0.5, 0.6) is 0 Å². The van der Waals surface area contributed by atoms with Crippen molar-refractivity contribution in [1.82, 2.24) is 18.9 Å². The van der Waals surface area contributed by atoms with Crippen molar-refractivity contribution in [3.05, 3.63) is 0 Å². The van der Waals surface area contributed by atoms with Gasteiger partial charge in [0.05, 0.1) is 0 Å². The second kappa shape index (κ2) is 17.3. The molecule has 0 spiro atoms.